The van der Waals surface area contributed by atoms with Crippen molar-refractivity contribution in [1.82, 2.24) is 5.32 Å². The number of nitrogens with one attached hydrogen (secondary N) is 1. The van der Waals surface area contributed by atoms with Crippen LogP contribution < -0.4 is 5.32 Å². The largest absolute Gasteiger partial charge is 0.481 e. The molecule has 0 radical (unpaired) electrons. The van der Waals surface area contributed by atoms with E-state index in [9.17, 15) is 9.59 Å². The minimum absolute atomic E-state index is 0.0418. The highest BCUT2D eigenvalue weighted by atomic mass is 16.4. The molecule has 1 amide bonds. The molecule has 0 spiro atoms. The lowest BCUT2D eigenvalue weighted by atomic mass is 10.0. The van der Waals surface area contributed by atoms with E-state index in [-0.39, 0.29) is 12.3 Å². The zero-order valence-corrected chi connectivity index (χ0v) is 12.6. The van der Waals surface area contributed by atoms with Gasteiger partial charge in [0.1, 0.15) is 0 Å². The minimum atomic E-state index is -0.888. The van der Waals surface area contributed by atoms with Gasteiger partial charge in [0.05, 0.1) is 6.42 Å². The van der Waals surface area contributed by atoms with Gasteiger partial charge in [-0.05, 0) is 20.3 Å². The molecule has 0 heterocycles. The number of carboxylic acid groups (broad SMARTS) is 1. The Morgan fingerprint density at radius 1 is 1.00 bits per heavy atom. The van der Waals surface area contributed by atoms with E-state index in [0.29, 0.717) is 6.42 Å². The lowest BCUT2D eigenvalue weighted by molar-refractivity contribution is -0.138. The summed E-state index contributed by atoms with van der Waals surface area (Å²) in [5.41, 5.74) is -0.663. The fourth-order valence-corrected chi connectivity index (χ4v) is 2.10. The van der Waals surface area contributed by atoms with E-state index in [4.69, 9.17) is 5.11 Å². The zero-order valence-electron chi connectivity index (χ0n) is 12.6. The molecular weight excluding hydrogens is 242 g/mol. The number of amides is 1. The van der Waals surface area contributed by atoms with Crippen molar-refractivity contribution in [1.29, 1.82) is 0 Å². The second-order valence-corrected chi connectivity index (χ2v) is 5.87. The fraction of sp³-hybridized carbons (Fsp3) is 0.867. The van der Waals surface area contributed by atoms with E-state index in [1.165, 1.54) is 32.1 Å². The monoisotopic (exact) mass is 271 g/mol. The average molecular weight is 271 g/mol. The van der Waals surface area contributed by atoms with Crippen molar-refractivity contribution < 1.29 is 14.7 Å². The Hall–Kier alpha value is -1.06. The van der Waals surface area contributed by atoms with Crippen molar-refractivity contribution >= 4 is 11.9 Å². The van der Waals surface area contributed by atoms with Crippen molar-refractivity contribution in [2.24, 2.45) is 0 Å². The minimum Gasteiger partial charge on any atom is -0.481 e. The number of carbonyl (C=O) groups is 2. The van der Waals surface area contributed by atoms with Crippen LogP contribution in [0.15, 0.2) is 0 Å². The summed E-state index contributed by atoms with van der Waals surface area (Å²) in [5.74, 6) is -0.930. The zero-order chi connectivity index (χ0) is 14.7. The molecule has 0 unspecified atom stereocenters. The lowest BCUT2D eigenvalue weighted by Gasteiger charge is -2.24. The summed E-state index contributed by atoms with van der Waals surface area (Å²) in [4.78, 5) is 22.3. The van der Waals surface area contributed by atoms with Gasteiger partial charge >= 0.3 is 5.97 Å². The predicted octanol–water partition coefficient (Wildman–Crippen LogP) is 3.50. The maximum atomic E-state index is 11.7. The SMILES string of the molecule is CCCCCCCCCC(=O)NC(C)(C)CC(=O)O. The number of carbonyl (C=O) groups excluding carboxylic acids is 1. The fourth-order valence-electron chi connectivity index (χ4n) is 2.10. The predicted molar refractivity (Wildman–Crippen MR) is 77.1 cm³/mol. The van der Waals surface area contributed by atoms with E-state index in [1.54, 1.807) is 13.8 Å². The number of unbranched alkanes of at least 4 members (excludes halogenated alkanes) is 6. The molecular formula is C15H29NO3. The van der Waals surface area contributed by atoms with Crippen LogP contribution in [0.4, 0.5) is 0 Å². The number of hydrogen-bond donors (Lipinski definition) is 2. The lowest BCUT2D eigenvalue weighted by Crippen LogP contribution is -2.44. The Morgan fingerprint density at radius 2 is 1.53 bits per heavy atom. The number of carboxylic acids is 1. The van der Waals surface area contributed by atoms with Crippen LogP contribution >= 0.6 is 0 Å². The van der Waals surface area contributed by atoms with Gasteiger partial charge in [-0.3, -0.25) is 9.59 Å². The summed E-state index contributed by atoms with van der Waals surface area (Å²) < 4.78 is 0. The van der Waals surface area contributed by atoms with Gasteiger partial charge in [-0.15, -0.1) is 0 Å². The summed E-state index contributed by atoms with van der Waals surface area (Å²) in [5, 5.41) is 11.5. The van der Waals surface area contributed by atoms with Gasteiger partial charge in [-0.25, -0.2) is 0 Å². The van der Waals surface area contributed by atoms with Crippen molar-refractivity contribution in [2.75, 3.05) is 0 Å². The third kappa shape index (κ3) is 11.7. The molecule has 2 N–H and O–H groups in total. The maximum absolute atomic E-state index is 11.7. The van der Waals surface area contributed by atoms with Crippen LogP contribution in [-0.2, 0) is 9.59 Å². The molecule has 4 nitrogen and oxygen atoms in total. The summed E-state index contributed by atoms with van der Waals surface area (Å²) in [7, 11) is 0. The smallest absolute Gasteiger partial charge is 0.305 e. The highest BCUT2D eigenvalue weighted by molar-refractivity contribution is 5.78. The normalized spacial score (nSPS) is 11.3. The molecule has 0 fully saturated rings. The van der Waals surface area contributed by atoms with Crippen molar-refractivity contribution in [3.05, 3.63) is 0 Å². The molecule has 0 aliphatic heterocycles. The molecule has 19 heavy (non-hydrogen) atoms. The van der Waals surface area contributed by atoms with Gasteiger partial charge in [0.2, 0.25) is 5.91 Å². The van der Waals surface area contributed by atoms with Gasteiger partial charge < -0.3 is 10.4 Å². The molecule has 0 rings (SSSR count). The quantitative estimate of drug-likeness (QED) is 0.565. The van der Waals surface area contributed by atoms with Gasteiger partial charge in [0, 0.05) is 12.0 Å². The van der Waals surface area contributed by atoms with E-state index in [1.807, 2.05) is 0 Å². The summed E-state index contributed by atoms with van der Waals surface area (Å²) >= 11 is 0. The summed E-state index contributed by atoms with van der Waals surface area (Å²) in [6, 6.07) is 0. The molecule has 0 aliphatic rings. The third-order valence-electron chi connectivity index (χ3n) is 3.08. The Kier molecular flexibility index (Phi) is 9.27. The average Bonchev–Trinajstić information content (AvgIpc) is 2.25. The topological polar surface area (TPSA) is 66.4 Å². The van der Waals surface area contributed by atoms with Crippen molar-refractivity contribution in [3.8, 4) is 0 Å². The molecule has 0 aromatic heterocycles. The second-order valence-electron chi connectivity index (χ2n) is 5.87. The summed E-state index contributed by atoms with van der Waals surface area (Å²) in [6.07, 6.45) is 8.69. The standard InChI is InChI=1S/C15H29NO3/c1-4-5-6-7-8-9-10-11-13(17)16-15(2,3)12-14(18)19/h4-12H2,1-3H3,(H,16,17)(H,18,19). The van der Waals surface area contributed by atoms with Crippen LogP contribution in [0.5, 0.6) is 0 Å². The number of rotatable bonds is 11. The van der Waals surface area contributed by atoms with Crippen LogP contribution in [0.3, 0.4) is 0 Å². The first-order valence-corrected chi connectivity index (χ1v) is 7.40. The first kappa shape index (κ1) is 17.9. The van der Waals surface area contributed by atoms with Crippen LogP contribution in [-0.4, -0.2) is 22.5 Å². The second kappa shape index (κ2) is 9.82. The van der Waals surface area contributed by atoms with Gasteiger partial charge in [0.25, 0.3) is 0 Å². The molecule has 0 aromatic rings. The van der Waals surface area contributed by atoms with Crippen LogP contribution in [0, 0.1) is 0 Å². The van der Waals surface area contributed by atoms with Crippen LogP contribution in [0.1, 0.15) is 78.6 Å². The Morgan fingerprint density at radius 3 is 2.05 bits per heavy atom. The first-order chi connectivity index (χ1) is 8.87. The van der Waals surface area contributed by atoms with Crippen LogP contribution in [0.25, 0.3) is 0 Å². The molecule has 0 bridgehead atoms. The molecule has 4 heteroatoms. The van der Waals surface area contributed by atoms with Crippen molar-refractivity contribution in [2.45, 2.75) is 84.1 Å². The van der Waals surface area contributed by atoms with Crippen molar-refractivity contribution in [3.63, 3.8) is 0 Å². The summed E-state index contributed by atoms with van der Waals surface area (Å²) in [6.45, 7) is 5.68. The van der Waals surface area contributed by atoms with Crippen LogP contribution in [0.2, 0.25) is 0 Å². The molecule has 0 aromatic carbocycles. The molecule has 0 aliphatic carbocycles. The highest BCUT2D eigenvalue weighted by Crippen LogP contribution is 2.11. The van der Waals surface area contributed by atoms with E-state index >= 15 is 0 Å². The highest BCUT2D eigenvalue weighted by Gasteiger charge is 2.23. The first-order valence-electron chi connectivity index (χ1n) is 7.40. The van der Waals surface area contributed by atoms with Gasteiger partial charge in [0.15, 0.2) is 0 Å². The maximum Gasteiger partial charge on any atom is 0.305 e. The Bertz CT molecular complexity index is 275. The Balaban J connectivity index is 3.61. The van der Waals surface area contributed by atoms with Gasteiger partial charge in [-0.1, -0.05) is 45.4 Å². The molecule has 112 valence electrons. The van der Waals surface area contributed by atoms with E-state index in [2.05, 4.69) is 12.2 Å². The van der Waals surface area contributed by atoms with Gasteiger partial charge in [-0.2, -0.15) is 0 Å². The molecule has 0 atom stereocenters. The third-order valence-corrected chi connectivity index (χ3v) is 3.08. The van der Waals surface area contributed by atoms with E-state index < -0.39 is 11.5 Å². The number of aliphatic carboxylic acids is 1. The number of hydrogen-bond acceptors (Lipinski definition) is 2. The molecule has 0 saturated heterocycles. The molecule has 0 saturated carbocycles. The van der Waals surface area contributed by atoms with E-state index in [0.717, 1.165) is 12.8 Å². The Labute approximate surface area is 117 Å².